The van der Waals surface area contributed by atoms with Crippen molar-refractivity contribution in [3.63, 3.8) is 0 Å². The lowest BCUT2D eigenvalue weighted by molar-refractivity contribution is -0.150. The van der Waals surface area contributed by atoms with Gasteiger partial charge >= 0.3 is 11.9 Å². The Kier molecular flexibility index (Phi) is 7.81. The topological polar surface area (TPSA) is 100 Å². The van der Waals surface area contributed by atoms with E-state index in [-0.39, 0.29) is 29.9 Å². The Hall–Kier alpha value is -2.38. The summed E-state index contributed by atoms with van der Waals surface area (Å²) in [6.45, 7) is 7.28. The summed E-state index contributed by atoms with van der Waals surface area (Å²) < 4.78 is 15.7. The summed E-state index contributed by atoms with van der Waals surface area (Å²) in [5, 5.41) is 0.282. The van der Waals surface area contributed by atoms with Crippen LogP contribution in [-0.2, 0) is 23.8 Å². The normalized spacial score (nSPS) is 19.2. The van der Waals surface area contributed by atoms with Crippen LogP contribution in [-0.4, -0.2) is 44.1 Å². The number of aliphatic imine (C=N–C) groups is 1. The molecule has 0 radical (unpaired) electrons. The first-order valence-corrected chi connectivity index (χ1v) is 9.73. The smallest absolute Gasteiger partial charge is 0.336 e. The van der Waals surface area contributed by atoms with Gasteiger partial charge in [0.2, 0.25) is 0 Å². The number of nitrogens with two attached hydrogens (primary N) is 1. The van der Waals surface area contributed by atoms with E-state index in [2.05, 4.69) is 4.99 Å². The molecule has 8 heteroatoms. The van der Waals surface area contributed by atoms with Gasteiger partial charge in [-0.3, -0.25) is 9.79 Å². The minimum atomic E-state index is -0.828. The van der Waals surface area contributed by atoms with Gasteiger partial charge in [0.25, 0.3) is 0 Å². The third-order valence-corrected chi connectivity index (χ3v) is 5.00. The molecular weight excluding hydrogens is 396 g/mol. The van der Waals surface area contributed by atoms with Gasteiger partial charge in [-0.05, 0) is 39.3 Å². The second-order valence-corrected chi connectivity index (χ2v) is 7.45. The zero-order chi connectivity index (χ0) is 21.7. The number of esters is 2. The number of methoxy groups -OCH3 is 1. The molecule has 1 aliphatic heterocycles. The highest BCUT2D eigenvalue weighted by atomic mass is 35.5. The summed E-state index contributed by atoms with van der Waals surface area (Å²) in [5.74, 6) is -2.63. The molecule has 0 spiro atoms. The number of benzene rings is 1. The molecule has 1 aromatic carbocycles. The Morgan fingerprint density at radius 2 is 1.93 bits per heavy atom. The second kappa shape index (κ2) is 9.89. The molecule has 0 bridgehead atoms. The largest absolute Gasteiger partial charge is 0.462 e. The van der Waals surface area contributed by atoms with Crippen LogP contribution < -0.4 is 5.73 Å². The van der Waals surface area contributed by atoms with Crippen molar-refractivity contribution in [1.82, 2.24) is 0 Å². The van der Waals surface area contributed by atoms with Crippen molar-refractivity contribution >= 4 is 34.9 Å². The fraction of sp³-hybridized carbons (Fsp3) is 0.476. The van der Waals surface area contributed by atoms with E-state index in [1.165, 1.54) is 7.11 Å². The number of rotatable bonds is 7. The third-order valence-electron chi connectivity index (χ3n) is 4.57. The minimum Gasteiger partial charge on any atom is -0.462 e. The van der Waals surface area contributed by atoms with Gasteiger partial charge in [0.1, 0.15) is 12.5 Å². The molecule has 2 rings (SSSR count). The van der Waals surface area contributed by atoms with E-state index in [0.29, 0.717) is 22.7 Å². The first-order valence-electron chi connectivity index (χ1n) is 9.35. The van der Waals surface area contributed by atoms with Crippen molar-refractivity contribution in [3.8, 4) is 0 Å². The average molecular weight is 423 g/mol. The summed E-state index contributed by atoms with van der Waals surface area (Å²) in [6.07, 6.45) is -0.323. The van der Waals surface area contributed by atoms with Gasteiger partial charge < -0.3 is 19.9 Å². The van der Waals surface area contributed by atoms with Crippen molar-refractivity contribution in [2.24, 2.45) is 10.9 Å². The van der Waals surface area contributed by atoms with E-state index in [0.717, 1.165) is 0 Å². The molecule has 29 heavy (non-hydrogen) atoms. The Morgan fingerprint density at radius 1 is 1.24 bits per heavy atom. The molecule has 0 aliphatic carbocycles. The van der Waals surface area contributed by atoms with Crippen LogP contribution in [0.25, 0.3) is 0 Å². The summed E-state index contributed by atoms with van der Waals surface area (Å²) in [6, 6.07) is 5.13. The van der Waals surface area contributed by atoms with Gasteiger partial charge in [-0.15, -0.1) is 0 Å². The lowest BCUT2D eigenvalue weighted by atomic mass is 9.75. The van der Waals surface area contributed by atoms with Crippen LogP contribution >= 0.6 is 11.6 Å². The Morgan fingerprint density at radius 3 is 2.55 bits per heavy atom. The van der Waals surface area contributed by atoms with Crippen molar-refractivity contribution in [2.45, 2.75) is 39.7 Å². The third kappa shape index (κ3) is 5.16. The standard InChI is InChI=1S/C21H27ClN2O5/c1-11(2)29-21(26)17-13(4)24-12(3)16(20(25)28-10-9-27-5)18(17)14-7-6-8-15(23)19(14)22/h6-8,11,17-18H,9-10,23H2,1-5H3. The highest BCUT2D eigenvalue weighted by molar-refractivity contribution is 6.34. The van der Waals surface area contributed by atoms with Crippen LogP contribution in [0.5, 0.6) is 0 Å². The van der Waals surface area contributed by atoms with Gasteiger partial charge in [-0.1, -0.05) is 23.7 Å². The molecule has 1 aliphatic rings. The predicted molar refractivity (Wildman–Crippen MR) is 112 cm³/mol. The lowest BCUT2D eigenvalue weighted by Gasteiger charge is -2.32. The Labute approximate surface area is 175 Å². The maximum absolute atomic E-state index is 13.0. The highest BCUT2D eigenvalue weighted by Gasteiger charge is 2.43. The van der Waals surface area contributed by atoms with Crippen molar-refractivity contribution < 1.29 is 23.8 Å². The van der Waals surface area contributed by atoms with E-state index in [1.54, 1.807) is 45.9 Å². The molecule has 0 fully saturated rings. The lowest BCUT2D eigenvalue weighted by Crippen LogP contribution is -2.37. The SMILES string of the molecule is COCCOC(=O)C1=C(C)N=C(C)C(C(=O)OC(C)C)C1c1cccc(N)c1Cl. The monoisotopic (exact) mass is 422 g/mol. The van der Waals surface area contributed by atoms with Crippen LogP contribution in [0.3, 0.4) is 0 Å². The first kappa shape index (κ1) is 22.9. The molecule has 0 aromatic heterocycles. The quantitative estimate of drug-likeness (QED) is 0.410. The van der Waals surface area contributed by atoms with Crippen LogP contribution in [0.4, 0.5) is 5.69 Å². The molecule has 1 aromatic rings. The van der Waals surface area contributed by atoms with E-state index >= 15 is 0 Å². The number of carbonyl (C=O) groups excluding carboxylic acids is 2. The van der Waals surface area contributed by atoms with Crippen molar-refractivity contribution in [3.05, 3.63) is 40.1 Å². The number of ether oxygens (including phenoxy) is 3. The molecule has 158 valence electrons. The number of anilines is 1. The maximum Gasteiger partial charge on any atom is 0.336 e. The number of nitrogen functional groups attached to an aromatic ring is 1. The van der Waals surface area contributed by atoms with Crippen LogP contribution in [0.15, 0.2) is 34.5 Å². The number of carbonyl (C=O) groups is 2. The van der Waals surface area contributed by atoms with E-state index in [1.807, 2.05) is 0 Å². The van der Waals surface area contributed by atoms with Crippen LogP contribution in [0, 0.1) is 5.92 Å². The molecular formula is C21H27ClN2O5. The second-order valence-electron chi connectivity index (χ2n) is 7.07. The Bertz CT molecular complexity index is 847. The van der Waals surface area contributed by atoms with Crippen molar-refractivity contribution in [2.75, 3.05) is 26.1 Å². The number of halogens is 1. The Balaban J connectivity index is 2.60. The zero-order valence-corrected chi connectivity index (χ0v) is 18.1. The van der Waals surface area contributed by atoms with Gasteiger partial charge in [-0.25, -0.2) is 4.79 Å². The van der Waals surface area contributed by atoms with Gasteiger partial charge in [-0.2, -0.15) is 0 Å². The number of hydrogen-bond acceptors (Lipinski definition) is 7. The highest BCUT2D eigenvalue weighted by Crippen LogP contribution is 2.43. The summed E-state index contributed by atoms with van der Waals surface area (Å²) in [4.78, 5) is 30.3. The number of hydrogen-bond donors (Lipinski definition) is 1. The summed E-state index contributed by atoms with van der Waals surface area (Å²) in [5.41, 5.74) is 8.14. The average Bonchev–Trinajstić information content (AvgIpc) is 2.62. The summed E-state index contributed by atoms with van der Waals surface area (Å²) in [7, 11) is 1.51. The first-order chi connectivity index (χ1) is 13.7. The molecule has 0 saturated carbocycles. The minimum absolute atomic E-state index is 0.0767. The maximum atomic E-state index is 13.0. The number of nitrogens with zero attached hydrogens (tertiary/aromatic N) is 1. The molecule has 2 N–H and O–H groups in total. The number of allylic oxidation sites excluding steroid dienone is 1. The zero-order valence-electron chi connectivity index (χ0n) is 17.3. The van der Waals surface area contributed by atoms with Gasteiger partial charge in [0.05, 0.1) is 29.0 Å². The van der Waals surface area contributed by atoms with Gasteiger partial charge in [0, 0.05) is 24.4 Å². The molecule has 0 saturated heterocycles. The van der Waals surface area contributed by atoms with Gasteiger partial charge in [0.15, 0.2) is 0 Å². The fourth-order valence-corrected chi connectivity index (χ4v) is 3.60. The van der Waals surface area contributed by atoms with E-state index in [9.17, 15) is 9.59 Å². The molecule has 1 heterocycles. The van der Waals surface area contributed by atoms with Crippen LogP contribution in [0.2, 0.25) is 5.02 Å². The summed E-state index contributed by atoms with van der Waals surface area (Å²) >= 11 is 6.48. The predicted octanol–water partition coefficient (Wildman–Crippen LogP) is 3.51. The fourth-order valence-electron chi connectivity index (χ4n) is 3.35. The molecule has 2 atom stereocenters. The molecule has 7 nitrogen and oxygen atoms in total. The molecule has 2 unspecified atom stereocenters. The van der Waals surface area contributed by atoms with Crippen LogP contribution in [0.1, 0.15) is 39.2 Å². The van der Waals surface area contributed by atoms with Crippen molar-refractivity contribution in [1.29, 1.82) is 0 Å². The van der Waals surface area contributed by atoms with E-state index < -0.39 is 23.8 Å². The van der Waals surface area contributed by atoms with E-state index in [4.69, 9.17) is 31.5 Å². The molecule has 0 amide bonds.